The summed E-state index contributed by atoms with van der Waals surface area (Å²) in [5.41, 5.74) is 7.13. The fourth-order valence-electron chi connectivity index (χ4n) is 5.44. The number of pyridine rings is 2. The van der Waals surface area contributed by atoms with Crippen LogP contribution in [0.1, 0.15) is 25.0 Å². The van der Waals surface area contributed by atoms with Crippen LogP contribution < -0.4 is 4.57 Å². The van der Waals surface area contributed by atoms with Gasteiger partial charge in [-0.25, -0.2) is 11.1 Å². The van der Waals surface area contributed by atoms with Gasteiger partial charge >= 0.3 is 0 Å². The number of aromatic nitrogens is 2. The molecular formula is C28H24N3+. The summed E-state index contributed by atoms with van der Waals surface area (Å²) in [7, 11) is 2.14. The van der Waals surface area contributed by atoms with Gasteiger partial charge in [0.1, 0.15) is 7.05 Å². The van der Waals surface area contributed by atoms with E-state index in [2.05, 4.69) is 88.6 Å². The standard InChI is InChI=1S/C28H24N3/c1-17-9-8-12-22-23(17)26-25-18(13-14-30(26)5)15-19(16-28(2,3)29-4)24-20-10-6-7-11-21(20)31(22)27(24)25/h6-15H,16H2,1-3,5H3/q+1. The van der Waals surface area contributed by atoms with Crippen molar-refractivity contribution in [2.75, 3.05) is 0 Å². The monoisotopic (exact) mass is 402 g/mol. The summed E-state index contributed by atoms with van der Waals surface area (Å²) in [5.74, 6) is 0. The number of nitrogens with zero attached hydrogens (tertiary/aromatic N) is 3. The molecule has 6 aromatic rings. The summed E-state index contributed by atoms with van der Waals surface area (Å²) in [6.07, 6.45) is 2.90. The summed E-state index contributed by atoms with van der Waals surface area (Å²) in [5, 5.41) is 6.41. The summed E-state index contributed by atoms with van der Waals surface area (Å²) in [6, 6.07) is 19.9. The average Bonchev–Trinajstić information content (AvgIpc) is 3.11. The molecule has 0 unspecified atom stereocenters. The fourth-order valence-corrected chi connectivity index (χ4v) is 5.44. The van der Waals surface area contributed by atoms with E-state index in [1.54, 1.807) is 0 Å². The molecule has 0 spiro atoms. The zero-order chi connectivity index (χ0) is 21.5. The molecule has 0 saturated carbocycles. The van der Waals surface area contributed by atoms with E-state index in [0.717, 1.165) is 6.42 Å². The quantitative estimate of drug-likeness (QED) is 0.138. The Morgan fingerprint density at radius 1 is 0.968 bits per heavy atom. The predicted molar refractivity (Wildman–Crippen MR) is 129 cm³/mol. The van der Waals surface area contributed by atoms with E-state index < -0.39 is 5.54 Å². The first-order valence-electron chi connectivity index (χ1n) is 10.8. The summed E-state index contributed by atoms with van der Waals surface area (Å²) in [4.78, 5) is 3.92. The molecule has 0 fully saturated rings. The highest BCUT2D eigenvalue weighted by Crippen LogP contribution is 2.43. The van der Waals surface area contributed by atoms with Gasteiger partial charge in [0.25, 0.3) is 0 Å². The highest BCUT2D eigenvalue weighted by atomic mass is 15.0. The molecule has 0 saturated heterocycles. The fraction of sp³-hybridized carbons (Fsp3) is 0.214. The van der Waals surface area contributed by atoms with Crippen LogP contribution in [0, 0.1) is 13.5 Å². The molecule has 0 N–H and O–H groups in total. The van der Waals surface area contributed by atoms with Crippen molar-refractivity contribution in [1.82, 2.24) is 4.40 Å². The summed E-state index contributed by atoms with van der Waals surface area (Å²) >= 11 is 0. The summed E-state index contributed by atoms with van der Waals surface area (Å²) in [6.45, 7) is 14.0. The molecule has 0 atom stereocenters. The maximum Gasteiger partial charge on any atom is 0.231 e. The maximum atomic E-state index is 7.70. The van der Waals surface area contributed by atoms with Crippen LogP contribution in [-0.2, 0) is 13.5 Å². The molecular weight excluding hydrogens is 378 g/mol. The van der Waals surface area contributed by atoms with Crippen molar-refractivity contribution in [3.8, 4) is 0 Å². The van der Waals surface area contributed by atoms with Gasteiger partial charge in [-0.1, -0.05) is 30.3 Å². The smallest absolute Gasteiger partial charge is 0.231 e. The lowest BCUT2D eigenvalue weighted by Gasteiger charge is -2.16. The largest absolute Gasteiger partial charge is 0.311 e. The van der Waals surface area contributed by atoms with E-state index in [4.69, 9.17) is 6.57 Å². The Balaban J connectivity index is 2.00. The number of hydrogen-bond acceptors (Lipinski definition) is 0. The van der Waals surface area contributed by atoms with E-state index >= 15 is 0 Å². The Kier molecular flexibility index (Phi) is 3.49. The van der Waals surface area contributed by atoms with Crippen LogP contribution in [0.3, 0.4) is 0 Å². The van der Waals surface area contributed by atoms with Gasteiger partial charge in [-0.2, -0.15) is 0 Å². The van der Waals surface area contributed by atoms with Gasteiger partial charge in [-0.05, 0) is 41.6 Å². The van der Waals surface area contributed by atoms with Crippen molar-refractivity contribution in [3.63, 3.8) is 0 Å². The van der Waals surface area contributed by atoms with Crippen LogP contribution in [0.15, 0.2) is 60.8 Å². The zero-order valence-electron chi connectivity index (χ0n) is 18.3. The van der Waals surface area contributed by atoms with Gasteiger partial charge in [-0.3, -0.25) is 0 Å². The van der Waals surface area contributed by atoms with E-state index in [9.17, 15) is 0 Å². The molecule has 0 amide bonds. The first kappa shape index (κ1) is 18.2. The Morgan fingerprint density at radius 2 is 1.74 bits per heavy atom. The number of benzene rings is 3. The Labute approximate surface area is 181 Å². The Morgan fingerprint density at radius 3 is 2.55 bits per heavy atom. The van der Waals surface area contributed by atoms with Crippen molar-refractivity contribution in [2.24, 2.45) is 7.05 Å². The second-order valence-electron chi connectivity index (χ2n) is 9.42. The predicted octanol–water partition coefficient (Wildman–Crippen LogP) is 6.36. The van der Waals surface area contributed by atoms with Crippen LogP contribution >= 0.6 is 0 Å². The third kappa shape index (κ3) is 2.31. The maximum absolute atomic E-state index is 7.70. The zero-order valence-corrected chi connectivity index (χ0v) is 18.3. The van der Waals surface area contributed by atoms with E-state index in [-0.39, 0.29) is 0 Å². The second kappa shape index (κ2) is 5.95. The van der Waals surface area contributed by atoms with Crippen LogP contribution in [0.2, 0.25) is 0 Å². The minimum atomic E-state index is -0.440. The van der Waals surface area contributed by atoms with E-state index in [1.807, 2.05) is 13.8 Å². The second-order valence-corrected chi connectivity index (χ2v) is 9.42. The molecule has 3 heterocycles. The molecule has 0 aliphatic heterocycles. The number of fused-ring (bicyclic) bond motifs is 6. The van der Waals surface area contributed by atoms with Crippen molar-refractivity contribution >= 4 is 49.0 Å². The molecule has 150 valence electrons. The molecule has 0 radical (unpaired) electrons. The van der Waals surface area contributed by atoms with Crippen molar-refractivity contribution in [2.45, 2.75) is 32.7 Å². The third-order valence-electron chi connectivity index (χ3n) is 6.77. The molecule has 0 bridgehead atoms. The summed E-state index contributed by atoms with van der Waals surface area (Å²) < 4.78 is 4.72. The molecule has 3 aromatic carbocycles. The third-order valence-corrected chi connectivity index (χ3v) is 6.77. The van der Waals surface area contributed by atoms with Gasteiger partial charge in [0.15, 0.2) is 6.20 Å². The molecule has 0 aliphatic carbocycles. The normalized spacial score (nSPS) is 12.6. The van der Waals surface area contributed by atoms with Gasteiger partial charge in [0.2, 0.25) is 11.1 Å². The minimum absolute atomic E-state index is 0.440. The lowest BCUT2D eigenvalue weighted by Crippen LogP contribution is -2.29. The number of hydrogen-bond donors (Lipinski definition) is 0. The van der Waals surface area contributed by atoms with Crippen LogP contribution in [0.5, 0.6) is 0 Å². The first-order valence-corrected chi connectivity index (χ1v) is 10.8. The Hall–Kier alpha value is -3.64. The molecule has 0 aliphatic rings. The topological polar surface area (TPSA) is 12.7 Å². The Bertz CT molecular complexity index is 1710. The van der Waals surface area contributed by atoms with Crippen molar-refractivity contribution in [1.29, 1.82) is 0 Å². The number of para-hydroxylation sites is 1. The molecule has 3 nitrogen and oxygen atoms in total. The van der Waals surface area contributed by atoms with Gasteiger partial charge < -0.3 is 9.25 Å². The lowest BCUT2D eigenvalue weighted by molar-refractivity contribution is -0.643. The van der Waals surface area contributed by atoms with Gasteiger partial charge in [0, 0.05) is 30.7 Å². The molecule has 3 heteroatoms. The molecule has 3 aromatic heterocycles. The van der Waals surface area contributed by atoms with E-state index in [1.165, 1.54) is 60.1 Å². The van der Waals surface area contributed by atoms with E-state index in [0.29, 0.717) is 0 Å². The van der Waals surface area contributed by atoms with Gasteiger partial charge in [-0.15, -0.1) is 0 Å². The van der Waals surface area contributed by atoms with Gasteiger partial charge in [0.05, 0.1) is 33.7 Å². The van der Waals surface area contributed by atoms with Crippen molar-refractivity contribution < 1.29 is 4.57 Å². The minimum Gasteiger partial charge on any atom is -0.311 e. The van der Waals surface area contributed by atoms with Crippen LogP contribution in [-0.4, -0.2) is 9.94 Å². The number of aryl methyl sites for hydroxylation is 2. The highest BCUT2D eigenvalue weighted by molar-refractivity contribution is 6.28. The average molecular weight is 403 g/mol. The molecule has 31 heavy (non-hydrogen) atoms. The SMILES string of the molecule is [C-]#[N+]C(C)(C)Cc1cc2cc[n+](C)c3c4c(C)cccc4n4c5ccccc5c1c4c23. The van der Waals surface area contributed by atoms with Crippen LogP contribution in [0.4, 0.5) is 0 Å². The van der Waals surface area contributed by atoms with Crippen molar-refractivity contribution in [3.05, 3.63) is 83.3 Å². The highest BCUT2D eigenvalue weighted by Gasteiger charge is 2.29. The van der Waals surface area contributed by atoms with Crippen LogP contribution in [0.25, 0.3) is 53.8 Å². The molecule has 6 rings (SSSR count). The number of rotatable bonds is 2. The first-order chi connectivity index (χ1) is 14.9. The lowest BCUT2D eigenvalue weighted by atomic mass is 9.90.